The molecule has 2 aliphatic rings. The lowest BCUT2D eigenvalue weighted by Gasteiger charge is -2.44. The summed E-state index contributed by atoms with van der Waals surface area (Å²) in [7, 11) is 1.53. The molecule has 1 saturated carbocycles. The Morgan fingerprint density at radius 3 is 2.49 bits per heavy atom. The first kappa shape index (κ1) is 26.9. The number of hydrogen-bond donors (Lipinski definition) is 1. The molecule has 37 heavy (non-hydrogen) atoms. The molecule has 1 unspecified atom stereocenters. The summed E-state index contributed by atoms with van der Waals surface area (Å²) in [5.74, 6) is -1.08. The van der Waals surface area contributed by atoms with Gasteiger partial charge in [0.2, 0.25) is 11.8 Å². The highest BCUT2D eigenvalue weighted by Crippen LogP contribution is 2.39. The Morgan fingerprint density at radius 1 is 1.16 bits per heavy atom. The average Bonchev–Trinajstić information content (AvgIpc) is 3.16. The highest BCUT2D eigenvalue weighted by Gasteiger charge is 2.40. The van der Waals surface area contributed by atoms with E-state index in [0.717, 1.165) is 11.1 Å². The van der Waals surface area contributed by atoms with Crippen molar-refractivity contribution in [1.82, 2.24) is 9.80 Å². The molecular weight excluding hydrogens is 503 g/mol. The van der Waals surface area contributed by atoms with Crippen LogP contribution < -0.4 is 9.47 Å². The van der Waals surface area contributed by atoms with Crippen molar-refractivity contribution in [3.05, 3.63) is 58.4 Å². The van der Waals surface area contributed by atoms with E-state index in [9.17, 15) is 23.9 Å². The van der Waals surface area contributed by atoms with Crippen LogP contribution in [0.4, 0.5) is 4.39 Å². The predicted molar refractivity (Wildman–Crippen MR) is 134 cm³/mol. The first-order valence-electron chi connectivity index (χ1n) is 12.2. The number of methoxy groups -OCH3 is 1. The third-order valence-electron chi connectivity index (χ3n) is 7.18. The quantitative estimate of drug-likeness (QED) is 0.427. The molecule has 1 saturated heterocycles. The van der Waals surface area contributed by atoms with Crippen molar-refractivity contribution in [3.63, 3.8) is 0 Å². The van der Waals surface area contributed by atoms with Crippen molar-refractivity contribution in [2.24, 2.45) is 5.92 Å². The van der Waals surface area contributed by atoms with Gasteiger partial charge < -0.3 is 14.6 Å². The van der Waals surface area contributed by atoms with Gasteiger partial charge in [-0.2, -0.15) is 0 Å². The molecule has 0 radical (unpaired) electrons. The Hall–Kier alpha value is -3.17. The molecule has 10 heteroatoms. The SMILES string of the molecule is COc1cc(CN(C(C)c2ccc(Cl)c(F)c2)[C@H]2C[C@@H](C(=O)O)C2)ccc1OCCN1C(=O)CCC1=O. The Balaban J connectivity index is 1.48. The van der Waals surface area contributed by atoms with Gasteiger partial charge in [-0.25, -0.2) is 4.39 Å². The lowest BCUT2D eigenvalue weighted by molar-refractivity contribution is -0.147. The van der Waals surface area contributed by atoms with E-state index in [0.29, 0.717) is 30.9 Å². The molecule has 2 fully saturated rings. The number of rotatable bonds is 11. The number of nitrogens with zero attached hydrogens (tertiary/aromatic N) is 2. The molecule has 1 atom stereocenters. The summed E-state index contributed by atoms with van der Waals surface area (Å²) in [6.07, 6.45) is 1.51. The van der Waals surface area contributed by atoms with Gasteiger partial charge in [-0.1, -0.05) is 23.7 Å². The third-order valence-corrected chi connectivity index (χ3v) is 7.48. The minimum atomic E-state index is -0.804. The second kappa shape index (κ2) is 11.5. The van der Waals surface area contributed by atoms with Crippen LogP contribution >= 0.6 is 11.6 Å². The summed E-state index contributed by atoms with van der Waals surface area (Å²) in [6.45, 7) is 2.78. The van der Waals surface area contributed by atoms with Gasteiger partial charge in [0.05, 0.1) is 24.6 Å². The summed E-state index contributed by atoms with van der Waals surface area (Å²) < 4.78 is 25.5. The first-order chi connectivity index (χ1) is 17.7. The average molecular weight is 533 g/mol. The Morgan fingerprint density at radius 2 is 1.86 bits per heavy atom. The zero-order valence-electron chi connectivity index (χ0n) is 20.8. The summed E-state index contributed by atoms with van der Waals surface area (Å²) in [4.78, 5) is 38.4. The fourth-order valence-corrected chi connectivity index (χ4v) is 4.98. The number of likely N-dealkylation sites (tertiary alicyclic amines) is 1. The van der Waals surface area contributed by atoms with Crippen molar-refractivity contribution >= 4 is 29.4 Å². The number of hydrogen-bond acceptors (Lipinski definition) is 6. The predicted octanol–water partition coefficient (Wildman–Crippen LogP) is 4.44. The number of amides is 2. The number of benzene rings is 2. The summed E-state index contributed by atoms with van der Waals surface area (Å²) in [5, 5.41) is 9.41. The molecule has 4 rings (SSSR count). The molecule has 1 aliphatic heterocycles. The Bertz CT molecular complexity index is 1170. The Kier molecular flexibility index (Phi) is 8.34. The topological polar surface area (TPSA) is 96.4 Å². The number of carboxylic acid groups (broad SMARTS) is 1. The van der Waals surface area contributed by atoms with E-state index in [4.69, 9.17) is 21.1 Å². The number of carbonyl (C=O) groups excluding carboxylic acids is 2. The number of ether oxygens (including phenoxy) is 2. The third kappa shape index (κ3) is 6.05. The van der Waals surface area contributed by atoms with Crippen LogP contribution in [0, 0.1) is 11.7 Å². The van der Waals surface area contributed by atoms with Gasteiger partial charge in [-0.3, -0.25) is 24.2 Å². The largest absolute Gasteiger partial charge is 0.493 e. The van der Waals surface area contributed by atoms with Crippen molar-refractivity contribution < 1.29 is 33.4 Å². The van der Waals surface area contributed by atoms with Gasteiger partial charge in [0.15, 0.2) is 11.5 Å². The van der Waals surface area contributed by atoms with Crippen LogP contribution in [0.3, 0.4) is 0 Å². The molecule has 1 N–H and O–H groups in total. The maximum atomic E-state index is 14.2. The van der Waals surface area contributed by atoms with Crippen LogP contribution in [0.1, 0.15) is 49.8 Å². The van der Waals surface area contributed by atoms with E-state index in [1.54, 1.807) is 12.1 Å². The van der Waals surface area contributed by atoms with E-state index in [1.807, 2.05) is 19.1 Å². The molecule has 1 aliphatic carbocycles. The van der Waals surface area contributed by atoms with Gasteiger partial charge in [-0.05, 0) is 55.2 Å². The normalized spacial score (nSPS) is 20.2. The van der Waals surface area contributed by atoms with Crippen molar-refractivity contribution in [2.75, 3.05) is 20.3 Å². The van der Waals surface area contributed by atoms with Gasteiger partial charge in [0, 0.05) is 31.5 Å². The molecule has 2 aromatic carbocycles. The van der Waals surface area contributed by atoms with E-state index in [2.05, 4.69) is 4.90 Å². The fraction of sp³-hybridized carbons (Fsp3) is 0.444. The molecule has 8 nitrogen and oxygen atoms in total. The number of aliphatic carboxylic acids is 1. The van der Waals surface area contributed by atoms with Crippen LogP contribution in [0.15, 0.2) is 36.4 Å². The fourth-order valence-electron chi connectivity index (χ4n) is 4.87. The molecule has 198 valence electrons. The summed E-state index contributed by atoms with van der Waals surface area (Å²) in [6, 6.07) is 10.1. The van der Waals surface area contributed by atoms with E-state index in [1.165, 1.54) is 24.1 Å². The molecule has 1 heterocycles. The number of halogens is 2. The van der Waals surface area contributed by atoms with Crippen molar-refractivity contribution in [1.29, 1.82) is 0 Å². The number of carboxylic acids is 1. The lowest BCUT2D eigenvalue weighted by Crippen LogP contribution is -2.47. The highest BCUT2D eigenvalue weighted by molar-refractivity contribution is 6.30. The molecule has 2 aromatic rings. The smallest absolute Gasteiger partial charge is 0.306 e. The highest BCUT2D eigenvalue weighted by atomic mass is 35.5. The second-order valence-electron chi connectivity index (χ2n) is 9.46. The number of imide groups is 1. The standard InChI is InChI=1S/C27H30ClFN2O6/c1-16(18-4-5-21(28)22(29)14-18)31(20-12-19(13-20)27(34)35)15-17-3-6-23(24(11-17)36-2)37-10-9-30-25(32)7-8-26(30)33/h3-6,11,14,16,19-20H,7-10,12-13,15H2,1-2H3,(H,34,35)/t16?,19-,20+. The van der Waals surface area contributed by atoms with Gasteiger partial charge in [0.1, 0.15) is 12.4 Å². The molecular formula is C27H30ClFN2O6. The summed E-state index contributed by atoms with van der Waals surface area (Å²) in [5.41, 5.74) is 1.66. The van der Waals surface area contributed by atoms with E-state index in [-0.39, 0.29) is 60.8 Å². The maximum absolute atomic E-state index is 14.2. The monoisotopic (exact) mass is 532 g/mol. The second-order valence-corrected chi connectivity index (χ2v) is 9.86. The van der Waals surface area contributed by atoms with Crippen LogP contribution in [0.2, 0.25) is 5.02 Å². The number of carbonyl (C=O) groups is 3. The van der Waals surface area contributed by atoms with Crippen LogP contribution in [-0.4, -0.2) is 59.0 Å². The van der Waals surface area contributed by atoms with Crippen molar-refractivity contribution in [3.8, 4) is 11.5 Å². The minimum absolute atomic E-state index is 0.0206. The van der Waals surface area contributed by atoms with Crippen LogP contribution in [0.25, 0.3) is 0 Å². The lowest BCUT2D eigenvalue weighted by atomic mass is 9.78. The van der Waals surface area contributed by atoms with E-state index < -0.39 is 11.8 Å². The Labute approximate surface area is 219 Å². The van der Waals surface area contributed by atoms with Crippen LogP contribution in [0.5, 0.6) is 11.5 Å². The molecule has 0 aromatic heterocycles. The molecule has 0 bridgehead atoms. The molecule has 2 amide bonds. The zero-order valence-corrected chi connectivity index (χ0v) is 21.5. The van der Waals surface area contributed by atoms with Gasteiger partial charge >= 0.3 is 5.97 Å². The van der Waals surface area contributed by atoms with Crippen molar-refractivity contribution in [2.45, 2.75) is 51.2 Å². The maximum Gasteiger partial charge on any atom is 0.306 e. The van der Waals surface area contributed by atoms with Gasteiger partial charge in [0.25, 0.3) is 0 Å². The summed E-state index contributed by atoms with van der Waals surface area (Å²) >= 11 is 5.87. The zero-order chi connectivity index (χ0) is 26.7. The molecule has 0 spiro atoms. The van der Waals surface area contributed by atoms with Gasteiger partial charge in [-0.15, -0.1) is 0 Å². The first-order valence-corrected chi connectivity index (χ1v) is 12.6. The van der Waals surface area contributed by atoms with Crippen LogP contribution in [-0.2, 0) is 20.9 Å². The minimum Gasteiger partial charge on any atom is -0.493 e. The van der Waals surface area contributed by atoms with E-state index >= 15 is 0 Å².